The highest BCUT2D eigenvalue weighted by atomic mass is 16.5. The van der Waals surface area contributed by atoms with Crippen LogP contribution in [0.5, 0.6) is 0 Å². The van der Waals surface area contributed by atoms with Crippen LogP contribution in [0.2, 0.25) is 0 Å². The van der Waals surface area contributed by atoms with E-state index < -0.39 is 0 Å². The zero-order valence-electron chi connectivity index (χ0n) is 5.97. The third-order valence-corrected chi connectivity index (χ3v) is 1.52. The van der Waals surface area contributed by atoms with Gasteiger partial charge in [0.05, 0.1) is 0 Å². The summed E-state index contributed by atoms with van der Waals surface area (Å²) in [5.41, 5.74) is 0. The normalized spacial score (nSPS) is 25.1. The molecule has 0 aliphatic carbocycles. The average Bonchev–Trinajstić information content (AvgIpc) is 2.03. The Morgan fingerprint density at radius 2 is 2.40 bits per heavy atom. The number of aliphatic hydroxyl groups is 1. The lowest BCUT2D eigenvalue weighted by Gasteiger charge is -2.16. The van der Waals surface area contributed by atoms with Crippen LogP contribution >= 0.6 is 0 Å². The van der Waals surface area contributed by atoms with E-state index in [1.807, 2.05) is 0 Å². The molecule has 1 saturated heterocycles. The van der Waals surface area contributed by atoms with Crippen molar-refractivity contribution in [1.29, 1.82) is 0 Å². The number of rotatable bonds is 0. The molecule has 56 valence electrons. The van der Waals surface area contributed by atoms with Gasteiger partial charge in [-0.3, -0.25) is 0 Å². The summed E-state index contributed by atoms with van der Waals surface area (Å²) in [4.78, 5) is 0. The molecule has 0 bridgehead atoms. The van der Waals surface area contributed by atoms with E-state index in [1.54, 1.807) is 0 Å². The summed E-state index contributed by atoms with van der Waals surface area (Å²) < 4.78 is 5.30. The zero-order valence-corrected chi connectivity index (χ0v) is 5.97. The molecule has 1 heterocycles. The fraction of sp³-hybridized carbons (Fsp3) is 0.750. The Balaban J connectivity index is 2.25. The van der Waals surface area contributed by atoms with Crippen LogP contribution < -0.4 is 0 Å². The van der Waals surface area contributed by atoms with Gasteiger partial charge in [0, 0.05) is 6.61 Å². The number of hydrogen-bond donors (Lipinski definition) is 1. The summed E-state index contributed by atoms with van der Waals surface area (Å²) >= 11 is 0. The second-order valence-corrected chi connectivity index (χ2v) is 2.33. The molecule has 0 aromatic rings. The van der Waals surface area contributed by atoms with Gasteiger partial charge in [-0.1, -0.05) is 11.8 Å². The maximum Gasteiger partial charge on any atom is 0.118 e. The molecular formula is C8H12O2. The third-order valence-electron chi connectivity index (χ3n) is 1.52. The number of aliphatic hydroxyl groups excluding tert-OH is 1. The fourth-order valence-corrected chi connectivity index (χ4v) is 1.01. The summed E-state index contributed by atoms with van der Waals surface area (Å²) in [7, 11) is 0. The van der Waals surface area contributed by atoms with E-state index in [4.69, 9.17) is 9.84 Å². The molecule has 1 unspecified atom stereocenters. The van der Waals surface area contributed by atoms with Crippen molar-refractivity contribution in [1.82, 2.24) is 0 Å². The van der Waals surface area contributed by atoms with Crippen molar-refractivity contribution >= 4 is 0 Å². The molecule has 1 aliphatic rings. The molecule has 0 saturated carbocycles. The molecule has 0 aromatic heterocycles. The van der Waals surface area contributed by atoms with E-state index in [1.165, 1.54) is 6.42 Å². The van der Waals surface area contributed by atoms with Gasteiger partial charge in [-0.25, -0.2) is 0 Å². The van der Waals surface area contributed by atoms with E-state index in [0.29, 0.717) is 0 Å². The number of ether oxygens (including phenoxy) is 1. The Hall–Kier alpha value is -0.520. The summed E-state index contributed by atoms with van der Waals surface area (Å²) in [6.45, 7) is 0.768. The molecule has 0 radical (unpaired) electrons. The summed E-state index contributed by atoms with van der Waals surface area (Å²) in [6.07, 6.45) is 3.45. The van der Waals surface area contributed by atoms with Crippen molar-refractivity contribution in [3.63, 3.8) is 0 Å². The van der Waals surface area contributed by atoms with Crippen molar-refractivity contribution < 1.29 is 9.84 Å². The topological polar surface area (TPSA) is 29.5 Å². The molecule has 0 amide bonds. The summed E-state index contributed by atoms with van der Waals surface area (Å²) in [5, 5.41) is 8.37. The molecule has 1 fully saturated rings. The molecule has 1 atom stereocenters. The first-order valence-corrected chi connectivity index (χ1v) is 3.64. The van der Waals surface area contributed by atoms with Gasteiger partial charge < -0.3 is 9.84 Å². The molecule has 2 nitrogen and oxygen atoms in total. The zero-order chi connectivity index (χ0) is 7.23. The van der Waals surface area contributed by atoms with E-state index in [-0.39, 0.29) is 12.7 Å². The largest absolute Gasteiger partial charge is 0.384 e. The van der Waals surface area contributed by atoms with Crippen molar-refractivity contribution in [2.24, 2.45) is 0 Å². The molecule has 10 heavy (non-hydrogen) atoms. The Bertz CT molecular complexity index is 137. The Morgan fingerprint density at radius 1 is 1.50 bits per heavy atom. The molecule has 1 N–H and O–H groups in total. The molecule has 1 aliphatic heterocycles. The molecule has 2 heteroatoms. The maximum absolute atomic E-state index is 8.37. The average molecular weight is 140 g/mol. The predicted octanol–water partition coefficient (Wildman–Crippen LogP) is 0.551. The lowest BCUT2D eigenvalue weighted by atomic mass is 10.1. The Kier molecular flexibility index (Phi) is 3.28. The van der Waals surface area contributed by atoms with Gasteiger partial charge in [-0.05, 0) is 19.3 Å². The minimum atomic E-state index is -0.0557. The van der Waals surface area contributed by atoms with Crippen LogP contribution in [0.15, 0.2) is 0 Å². The predicted molar refractivity (Wildman–Crippen MR) is 38.5 cm³/mol. The lowest BCUT2D eigenvalue weighted by Crippen LogP contribution is -2.16. The first-order chi connectivity index (χ1) is 4.93. The number of hydrogen-bond acceptors (Lipinski definition) is 2. The van der Waals surface area contributed by atoms with Gasteiger partial charge in [0.25, 0.3) is 0 Å². The smallest absolute Gasteiger partial charge is 0.118 e. The van der Waals surface area contributed by atoms with Crippen molar-refractivity contribution in [3.05, 3.63) is 0 Å². The van der Waals surface area contributed by atoms with Gasteiger partial charge in [-0.15, -0.1) is 0 Å². The minimum Gasteiger partial charge on any atom is -0.384 e. The molecule has 1 rings (SSSR count). The fourth-order valence-electron chi connectivity index (χ4n) is 1.01. The Morgan fingerprint density at radius 3 is 3.00 bits per heavy atom. The van der Waals surface area contributed by atoms with Crippen LogP contribution in [0.25, 0.3) is 0 Å². The van der Waals surface area contributed by atoms with Gasteiger partial charge in [0.2, 0.25) is 0 Å². The molecular weight excluding hydrogens is 128 g/mol. The third kappa shape index (κ3) is 2.38. The first-order valence-electron chi connectivity index (χ1n) is 3.64. The van der Waals surface area contributed by atoms with E-state index in [9.17, 15) is 0 Å². The van der Waals surface area contributed by atoms with Gasteiger partial charge >= 0.3 is 0 Å². The minimum absolute atomic E-state index is 0.0557. The molecule has 0 aromatic carbocycles. The van der Waals surface area contributed by atoms with Crippen molar-refractivity contribution in [3.8, 4) is 11.8 Å². The highest BCUT2D eigenvalue weighted by molar-refractivity contribution is 5.05. The van der Waals surface area contributed by atoms with Crippen LogP contribution in [-0.2, 0) is 4.74 Å². The van der Waals surface area contributed by atoms with E-state index in [0.717, 1.165) is 19.4 Å². The van der Waals surface area contributed by atoms with Gasteiger partial charge in [-0.2, -0.15) is 0 Å². The maximum atomic E-state index is 8.37. The SMILES string of the molecule is OCC#CC1CCCCO1. The second-order valence-electron chi connectivity index (χ2n) is 2.33. The van der Waals surface area contributed by atoms with Crippen LogP contribution in [0.4, 0.5) is 0 Å². The second kappa shape index (κ2) is 4.32. The summed E-state index contributed by atoms with van der Waals surface area (Å²) in [6, 6.07) is 0. The Labute approximate surface area is 61.2 Å². The lowest BCUT2D eigenvalue weighted by molar-refractivity contribution is 0.0524. The van der Waals surface area contributed by atoms with E-state index >= 15 is 0 Å². The van der Waals surface area contributed by atoms with Crippen LogP contribution in [0.3, 0.4) is 0 Å². The summed E-state index contributed by atoms with van der Waals surface area (Å²) in [5.74, 6) is 5.45. The van der Waals surface area contributed by atoms with E-state index in [2.05, 4.69) is 11.8 Å². The highest BCUT2D eigenvalue weighted by Crippen LogP contribution is 2.10. The highest BCUT2D eigenvalue weighted by Gasteiger charge is 2.09. The monoisotopic (exact) mass is 140 g/mol. The van der Waals surface area contributed by atoms with Gasteiger partial charge in [0.1, 0.15) is 12.7 Å². The first kappa shape index (κ1) is 7.59. The molecule has 0 spiro atoms. The van der Waals surface area contributed by atoms with Gasteiger partial charge in [0.15, 0.2) is 0 Å². The quantitative estimate of drug-likeness (QED) is 0.498. The standard InChI is InChI=1S/C8H12O2/c9-6-3-5-8-4-1-2-7-10-8/h8-9H,1-2,4,6-7H2. The van der Waals surface area contributed by atoms with Crippen molar-refractivity contribution in [2.45, 2.75) is 25.4 Å². The van der Waals surface area contributed by atoms with Crippen molar-refractivity contribution in [2.75, 3.05) is 13.2 Å². The van der Waals surface area contributed by atoms with Crippen LogP contribution in [0.1, 0.15) is 19.3 Å². The van der Waals surface area contributed by atoms with Crippen LogP contribution in [0, 0.1) is 11.8 Å². The van der Waals surface area contributed by atoms with Crippen LogP contribution in [-0.4, -0.2) is 24.4 Å².